The Kier molecular flexibility index (Phi) is 11.6. The Morgan fingerprint density at radius 3 is 2.14 bits per heavy atom. The normalized spacial score (nSPS) is 12.4. The Morgan fingerprint density at radius 2 is 1.53 bits per heavy atom. The van der Waals surface area contributed by atoms with Gasteiger partial charge in [-0.1, -0.05) is 79.2 Å². The smallest absolute Gasteiger partial charge is 0.315 e. The van der Waals surface area contributed by atoms with Crippen LogP contribution in [0.1, 0.15) is 50.3 Å². The van der Waals surface area contributed by atoms with E-state index in [0.717, 1.165) is 21.2 Å². The van der Waals surface area contributed by atoms with E-state index in [-0.39, 0.29) is 18.9 Å². The van der Waals surface area contributed by atoms with Crippen LogP contribution >= 0.6 is 15.9 Å². The fourth-order valence-corrected chi connectivity index (χ4v) is 3.92. The zero-order valence-corrected chi connectivity index (χ0v) is 22.8. The number of carbonyl (C=O) groups excluding carboxylic acids is 4. The van der Waals surface area contributed by atoms with Crippen LogP contribution in [-0.4, -0.2) is 35.7 Å². The van der Waals surface area contributed by atoms with E-state index in [0.29, 0.717) is 13.0 Å². The van der Waals surface area contributed by atoms with Crippen LogP contribution in [0.5, 0.6) is 0 Å². The van der Waals surface area contributed by atoms with Gasteiger partial charge in [0.25, 0.3) is 5.91 Å². The number of ketones is 1. The second-order valence-electron chi connectivity index (χ2n) is 9.09. The second kappa shape index (κ2) is 14.4. The number of urea groups is 1. The van der Waals surface area contributed by atoms with Crippen molar-refractivity contribution < 1.29 is 19.2 Å². The van der Waals surface area contributed by atoms with E-state index < -0.39 is 35.7 Å². The van der Waals surface area contributed by atoms with Crippen LogP contribution in [0.4, 0.5) is 4.79 Å². The molecular formula is C27H35BrN4O4. The first kappa shape index (κ1) is 29.0. The molecule has 36 heavy (non-hydrogen) atoms. The van der Waals surface area contributed by atoms with Gasteiger partial charge in [-0.25, -0.2) is 4.79 Å². The molecule has 0 saturated heterocycles. The quantitative estimate of drug-likeness (QED) is 0.297. The number of aryl methyl sites for hydroxylation is 1. The van der Waals surface area contributed by atoms with Crippen LogP contribution < -0.4 is 21.3 Å². The minimum absolute atomic E-state index is 0.114. The van der Waals surface area contributed by atoms with Crippen molar-refractivity contribution in [3.05, 3.63) is 69.7 Å². The Bertz CT molecular complexity index is 1060. The summed E-state index contributed by atoms with van der Waals surface area (Å²) in [7, 11) is 0. The molecular weight excluding hydrogens is 524 g/mol. The summed E-state index contributed by atoms with van der Waals surface area (Å²) in [6, 6.07) is 12.8. The number of nitrogens with one attached hydrogen (secondary N) is 4. The maximum atomic E-state index is 13.0. The van der Waals surface area contributed by atoms with Gasteiger partial charge in [0.15, 0.2) is 0 Å². The molecule has 2 aromatic carbocycles. The first-order valence-electron chi connectivity index (χ1n) is 12.1. The van der Waals surface area contributed by atoms with Crippen molar-refractivity contribution in [2.24, 2.45) is 5.92 Å². The van der Waals surface area contributed by atoms with Gasteiger partial charge < -0.3 is 21.3 Å². The Labute approximate surface area is 221 Å². The summed E-state index contributed by atoms with van der Waals surface area (Å²) in [5.41, 5.74) is 2.83. The lowest BCUT2D eigenvalue weighted by Gasteiger charge is -2.23. The number of halogens is 1. The molecule has 4 amide bonds. The molecule has 0 aliphatic carbocycles. The van der Waals surface area contributed by atoms with Crippen molar-refractivity contribution in [1.29, 1.82) is 0 Å². The molecule has 0 saturated carbocycles. The Balaban J connectivity index is 1.95. The second-order valence-corrected chi connectivity index (χ2v) is 9.95. The summed E-state index contributed by atoms with van der Waals surface area (Å²) >= 11 is 3.45. The monoisotopic (exact) mass is 558 g/mol. The number of rotatable bonds is 12. The molecule has 0 spiro atoms. The molecule has 0 fully saturated rings. The number of amides is 4. The number of Topliss-reactive ketones (excluding diaryl/α,β-unsaturated/α-hetero) is 1. The van der Waals surface area contributed by atoms with Crippen molar-refractivity contribution >= 4 is 39.6 Å². The van der Waals surface area contributed by atoms with E-state index in [2.05, 4.69) is 37.2 Å². The number of hydrogen-bond acceptors (Lipinski definition) is 4. The predicted octanol–water partition coefficient (Wildman–Crippen LogP) is 3.75. The van der Waals surface area contributed by atoms with E-state index in [9.17, 15) is 19.2 Å². The van der Waals surface area contributed by atoms with Crippen molar-refractivity contribution in [2.75, 3.05) is 0 Å². The highest BCUT2D eigenvalue weighted by Gasteiger charge is 2.29. The SMILES string of the molecule is CCC(NC(=O)[C@H](CC(C)C)NC(=O)NCc1ccccc1)C(=O)C(=O)NCc1ccc(C)c(Br)c1. The minimum Gasteiger partial charge on any atom is -0.345 e. The van der Waals surface area contributed by atoms with E-state index in [4.69, 9.17) is 0 Å². The molecule has 0 aromatic heterocycles. The van der Waals surface area contributed by atoms with E-state index in [1.165, 1.54) is 0 Å². The minimum atomic E-state index is -0.994. The van der Waals surface area contributed by atoms with Gasteiger partial charge in [-0.05, 0) is 48.4 Å². The molecule has 0 aliphatic heterocycles. The third-order valence-corrected chi connectivity index (χ3v) is 6.43. The Hall–Kier alpha value is -3.20. The van der Waals surface area contributed by atoms with Crippen LogP contribution in [-0.2, 0) is 27.5 Å². The molecule has 2 rings (SSSR count). The fraction of sp³-hybridized carbons (Fsp3) is 0.407. The number of benzene rings is 2. The third kappa shape index (κ3) is 9.45. The lowest BCUT2D eigenvalue weighted by Crippen LogP contribution is -2.55. The van der Waals surface area contributed by atoms with Gasteiger partial charge in [0.2, 0.25) is 11.7 Å². The maximum absolute atomic E-state index is 13.0. The average molecular weight is 560 g/mol. The van der Waals surface area contributed by atoms with Gasteiger partial charge in [0, 0.05) is 17.6 Å². The first-order chi connectivity index (χ1) is 17.1. The summed E-state index contributed by atoms with van der Waals surface area (Å²) in [6.07, 6.45) is 0.617. The highest BCUT2D eigenvalue weighted by atomic mass is 79.9. The van der Waals surface area contributed by atoms with Gasteiger partial charge in [0.1, 0.15) is 6.04 Å². The zero-order valence-electron chi connectivity index (χ0n) is 21.2. The van der Waals surface area contributed by atoms with E-state index in [1.807, 2.05) is 69.3 Å². The topological polar surface area (TPSA) is 116 Å². The molecule has 9 heteroatoms. The molecule has 2 atom stereocenters. The molecule has 0 heterocycles. The van der Waals surface area contributed by atoms with E-state index in [1.54, 1.807) is 6.92 Å². The van der Waals surface area contributed by atoms with Gasteiger partial charge >= 0.3 is 6.03 Å². The van der Waals surface area contributed by atoms with Crippen molar-refractivity contribution in [1.82, 2.24) is 21.3 Å². The summed E-state index contributed by atoms with van der Waals surface area (Å²) in [6.45, 7) is 8.04. The summed E-state index contributed by atoms with van der Waals surface area (Å²) in [5, 5.41) is 10.7. The number of carbonyl (C=O) groups is 4. The lowest BCUT2D eigenvalue weighted by atomic mass is 10.0. The maximum Gasteiger partial charge on any atom is 0.315 e. The molecule has 0 radical (unpaired) electrons. The van der Waals surface area contributed by atoms with Crippen molar-refractivity contribution in [3.8, 4) is 0 Å². The highest BCUT2D eigenvalue weighted by Crippen LogP contribution is 2.17. The molecule has 0 bridgehead atoms. The molecule has 4 N–H and O–H groups in total. The van der Waals surface area contributed by atoms with Gasteiger partial charge in [-0.15, -0.1) is 0 Å². The number of hydrogen-bond donors (Lipinski definition) is 4. The predicted molar refractivity (Wildman–Crippen MR) is 143 cm³/mol. The highest BCUT2D eigenvalue weighted by molar-refractivity contribution is 9.10. The van der Waals surface area contributed by atoms with Gasteiger partial charge in [-0.2, -0.15) is 0 Å². The summed E-state index contributed by atoms with van der Waals surface area (Å²) < 4.78 is 0.913. The van der Waals surface area contributed by atoms with Crippen LogP contribution in [0, 0.1) is 12.8 Å². The molecule has 0 aliphatic rings. The summed E-state index contributed by atoms with van der Waals surface area (Å²) in [4.78, 5) is 50.7. The largest absolute Gasteiger partial charge is 0.345 e. The molecule has 1 unspecified atom stereocenters. The zero-order chi connectivity index (χ0) is 26.7. The first-order valence-corrected chi connectivity index (χ1v) is 12.9. The van der Waals surface area contributed by atoms with Crippen LogP contribution in [0.25, 0.3) is 0 Å². The van der Waals surface area contributed by atoms with Crippen LogP contribution in [0.3, 0.4) is 0 Å². The molecule has 194 valence electrons. The van der Waals surface area contributed by atoms with Gasteiger partial charge in [0.05, 0.1) is 6.04 Å². The standard InChI is InChI=1S/C27H35BrN4O4/c1-5-22(24(33)26(35)29-16-20-12-11-18(4)21(28)14-20)31-25(34)23(13-17(2)3)32-27(36)30-15-19-9-7-6-8-10-19/h6-12,14,17,22-23H,5,13,15-16H2,1-4H3,(H,29,35)(H,31,34)(H2,30,32,36)/t22?,23-/m0/s1. The molecule has 8 nitrogen and oxygen atoms in total. The Morgan fingerprint density at radius 1 is 0.861 bits per heavy atom. The lowest BCUT2D eigenvalue weighted by molar-refractivity contribution is -0.140. The van der Waals surface area contributed by atoms with Crippen LogP contribution in [0.15, 0.2) is 53.0 Å². The average Bonchev–Trinajstić information content (AvgIpc) is 2.85. The van der Waals surface area contributed by atoms with Crippen molar-refractivity contribution in [3.63, 3.8) is 0 Å². The van der Waals surface area contributed by atoms with Gasteiger partial charge in [-0.3, -0.25) is 14.4 Å². The molecule has 2 aromatic rings. The fourth-order valence-electron chi connectivity index (χ4n) is 3.49. The third-order valence-electron chi connectivity index (χ3n) is 5.58. The summed E-state index contributed by atoms with van der Waals surface area (Å²) in [5.74, 6) is -1.89. The van der Waals surface area contributed by atoms with Crippen LogP contribution in [0.2, 0.25) is 0 Å². The van der Waals surface area contributed by atoms with E-state index >= 15 is 0 Å². The van der Waals surface area contributed by atoms with Crippen molar-refractivity contribution in [2.45, 2.75) is 65.7 Å².